The molecule has 0 bridgehead atoms. The van der Waals surface area contributed by atoms with Gasteiger partial charge in [-0.1, -0.05) is 44.2 Å². The van der Waals surface area contributed by atoms with Crippen LogP contribution in [0.5, 0.6) is 0 Å². The molecule has 0 radical (unpaired) electrons. The van der Waals surface area contributed by atoms with E-state index in [2.05, 4.69) is 67.4 Å². The van der Waals surface area contributed by atoms with Crippen molar-refractivity contribution in [1.82, 2.24) is 9.80 Å². The third kappa shape index (κ3) is 5.76. The molecule has 5 heteroatoms. The van der Waals surface area contributed by atoms with Crippen LogP contribution in [0, 0.1) is 6.92 Å². The standard InChI is InChI=1S/C23H31N3OS/c1-4-19(3)28-21-10-11-22(18(2)16-21)24-23(27)26-14-12-25(13-15-26)17-20-8-6-5-7-9-20/h5-11,16,19H,4,12-15,17H2,1-3H3,(H,24,27). The van der Waals surface area contributed by atoms with Crippen LogP contribution in [0.25, 0.3) is 0 Å². The first-order chi connectivity index (χ1) is 13.5. The van der Waals surface area contributed by atoms with E-state index < -0.39 is 0 Å². The molecule has 3 rings (SSSR count). The van der Waals surface area contributed by atoms with Crippen LogP contribution >= 0.6 is 11.8 Å². The molecule has 1 aliphatic heterocycles. The fourth-order valence-electron chi connectivity index (χ4n) is 3.31. The molecule has 1 unspecified atom stereocenters. The van der Waals surface area contributed by atoms with E-state index in [1.54, 1.807) is 0 Å². The summed E-state index contributed by atoms with van der Waals surface area (Å²) in [4.78, 5) is 18.3. The number of benzene rings is 2. The average molecular weight is 398 g/mol. The van der Waals surface area contributed by atoms with Gasteiger partial charge in [-0.25, -0.2) is 4.79 Å². The number of urea groups is 1. The smallest absolute Gasteiger partial charge is 0.321 e. The predicted molar refractivity (Wildman–Crippen MR) is 119 cm³/mol. The maximum Gasteiger partial charge on any atom is 0.321 e. The van der Waals surface area contributed by atoms with Gasteiger partial charge in [0.1, 0.15) is 0 Å². The molecule has 2 aromatic carbocycles. The molecule has 1 heterocycles. The first kappa shape index (κ1) is 20.7. The molecule has 28 heavy (non-hydrogen) atoms. The second-order valence-corrected chi connectivity index (χ2v) is 9.00. The summed E-state index contributed by atoms with van der Waals surface area (Å²) >= 11 is 1.89. The second kappa shape index (κ2) is 9.99. The van der Waals surface area contributed by atoms with E-state index in [1.807, 2.05) is 28.8 Å². The molecule has 1 saturated heterocycles. The van der Waals surface area contributed by atoms with Crippen molar-refractivity contribution in [3.8, 4) is 0 Å². The number of amides is 2. The predicted octanol–water partition coefficient (Wildman–Crippen LogP) is 5.24. The Kier molecular flexibility index (Phi) is 7.40. The minimum atomic E-state index is 0.00444. The van der Waals surface area contributed by atoms with Gasteiger partial charge >= 0.3 is 6.03 Å². The van der Waals surface area contributed by atoms with Gasteiger partial charge in [0.25, 0.3) is 0 Å². The van der Waals surface area contributed by atoms with Crippen LogP contribution in [0.2, 0.25) is 0 Å². The Hall–Kier alpha value is -1.98. The number of hydrogen-bond acceptors (Lipinski definition) is 3. The molecular formula is C23H31N3OS. The summed E-state index contributed by atoms with van der Waals surface area (Å²) in [5.41, 5.74) is 3.35. The maximum absolute atomic E-state index is 12.7. The summed E-state index contributed by atoms with van der Waals surface area (Å²) in [5.74, 6) is 0. The number of rotatable bonds is 6. The number of carbonyl (C=O) groups excluding carboxylic acids is 1. The molecule has 1 aliphatic rings. The Balaban J connectivity index is 1.50. The van der Waals surface area contributed by atoms with Gasteiger partial charge in [0.2, 0.25) is 0 Å². The summed E-state index contributed by atoms with van der Waals surface area (Å²) in [7, 11) is 0. The van der Waals surface area contributed by atoms with Crippen molar-refractivity contribution in [2.75, 3.05) is 31.5 Å². The largest absolute Gasteiger partial charge is 0.322 e. The van der Waals surface area contributed by atoms with E-state index >= 15 is 0 Å². The Morgan fingerprint density at radius 3 is 2.46 bits per heavy atom. The van der Waals surface area contributed by atoms with Crippen molar-refractivity contribution in [2.45, 2.75) is 43.9 Å². The lowest BCUT2D eigenvalue weighted by Crippen LogP contribution is -2.49. The topological polar surface area (TPSA) is 35.6 Å². The second-order valence-electron chi connectivity index (χ2n) is 7.49. The number of aryl methyl sites for hydroxylation is 1. The number of anilines is 1. The number of nitrogens with zero attached hydrogens (tertiary/aromatic N) is 2. The fraction of sp³-hybridized carbons (Fsp3) is 0.435. The molecule has 0 aromatic heterocycles. The quantitative estimate of drug-likeness (QED) is 0.678. The van der Waals surface area contributed by atoms with Gasteiger partial charge in [0.15, 0.2) is 0 Å². The lowest BCUT2D eigenvalue weighted by atomic mass is 10.2. The first-order valence-corrected chi connectivity index (χ1v) is 11.0. The zero-order chi connectivity index (χ0) is 19.9. The Morgan fingerprint density at radius 1 is 1.11 bits per heavy atom. The number of thioether (sulfide) groups is 1. The highest BCUT2D eigenvalue weighted by atomic mass is 32.2. The molecule has 2 aromatic rings. The minimum Gasteiger partial charge on any atom is -0.322 e. The third-order valence-electron chi connectivity index (χ3n) is 5.26. The molecule has 150 valence electrons. The molecule has 1 atom stereocenters. The van der Waals surface area contributed by atoms with Gasteiger partial charge in [0.05, 0.1) is 0 Å². The van der Waals surface area contributed by atoms with Gasteiger partial charge in [-0.05, 0) is 42.7 Å². The van der Waals surface area contributed by atoms with Crippen LogP contribution < -0.4 is 5.32 Å². The average Bonchev–Trinajstić information content (AvgIpc) is 2.71. The highest BCUT2D eigenvalue weighted by Gasteiger charge is 2.21. The van der Waals surface area contributed by atoms with Crippen molar-refractivity contribution < 1.29 is 4.79 Å². The van der Waals surface area contributed by atoms with Gasteiger partial charge in [-0.3, -0.25) is 4.90 Å². The molecule has 2 amide bonds. The van der Waals surface area contributed by atoms with Crippen LogP contribution in [-0.4, -0.2) is 47.3 Å². The number of hydrogen-bond donors (Lipinski definition) is 1. The molecule has 4 nitrogen and oxygen atoms in total. The summed E-state index contributed by atoms with van der Waals surface area (Å²) in [6.45, 7) is 10.8. The van der Waals surface area contributed by atoms with E-state index in [0.29, 0.717) is 5.25 Å². The van der Waals surface area contributed by atoms with E-state index in [1.165, 1.54) is 10.5 Å². The molecule has 0 spiro atoms. The van der Waals surface area contributed by atoms with Crippen molar-refractivity contribution in [3.63, 3.8) is 0 Å². The van der Waals surface area contributed by atoms with Crippen LogP contribution in [0.4, 0.5) is 10.5 Å². The van der Waals surface area contributed by atoms with Gasteiger partial charge in [-0.15, -0.1) is 11.8 Å². The zero-order valence-corrected chi connectivity index (χ0v) is 18.0. The monoisotopic (exact) mass is 397 g/mol. The van der Waals surface area contributed by atoms with E-state index in [4.69, 9.17) is 0 Å². The minimum absolute atomic E-state index is 0.00444. The highest BCUT2D eigenvalue weighted by molar-refractivity contribution is 7.99. The van der Waals surface area contributed by atoms with Crippen molar-refractivity contribution >= 4 is 23.5 Å². The van der Waals surface area contributed by atoms with Crippen molar-refractivity contribution in [2.24, 2.45) is 0 Å². The van der Waals surface area contributed by atoms with Crippen molar-refractivity contribution in [1.29, 1.82) is 0 Å². The molecular weight excluding hydrogens is 366 g/mol. The summed E-state index contributed by atoms with van der Waals surface area (Å²) in [6, 6.07) is 16.8. The Bertz CT molecular complexity index is 773. The van der Waals surface area contributed by atoms with Gasteiger partial charge < -0.3 is 10.2 Å². The Labute approximate surface area is 173 Å². The van der Waals surface area contributed by atoms with Crippen LogP contribution in [0.3, 0.4) is 0 Å². The van der Waals surface area contributed by atoms with Crippen LogP contribution in [0.15, 0.2) is 53.4 Å². The lowest BCUT2D eigenvalue weighted by Gasteiger charge is -2.34. The fourth-order valence-corrected chi connectivity index (χ4v) is 4.33. The Morgan fingerprint density at radius 2 is 1.82 bits per heavy atom. The van der Waals surface area contributed by atoms with E-state index in [9.17, 15) is 4.79 Å². The summed E-state index contributed by atoms with van der Waals surface area (Å²) in [6.07, 6.45) is 1.15. The summed E-state index contributed by atoms with van der Waals surface area (Å²) in [5, 5.41) is 3.70. The van der Waals surface area contributed by atoms with Gasteiger partial charge in [-0.2, -0.15) is 0 Å². The number of nitrogens with one attached hydrogen (secondary N) is 1. The summed E-state index contributed by atoms with van der Waals surface area (Å²) < 4.78 is 0. The normalized spacial score (nSPS) is 16.0. The molecule has 0 saturated carbocycles. The zero-order valence-electron chi connectivity index (χ0n) is 17.1. The van der Waals surface area contributed by atoms with Crippen LogP contribution in [-0.2, 0) is 6.54 Å². The van der Waals surface area contributed by atoms with E-state index in [0.717, 1.165) is 50.4 Å². The molecule has 0 aliphatic carbocycles. The van der Waals surface area contributed by atoms with Crippen LogP contribution in [0.1, 0.15) is 31.4 Å². The van der Waals surface area contributed by atoms with E-state index in [-0.39, 0.29) is 6.03 Å². The molecule has 1 fully saturated rings. The molecule has 1 N–H and O–H groups in total. The maximum atomic E-state index is 12.7. The highest BCUT2D eigenvalue weighted by Crippen LogP contribution is 2.28. The lowest BCUT2D eigenvalue weighted by molar-refractivity contribution is 0.143. The van der Waals surface area contributed by atoms with Crippen molar-refractivity contribution in [3.05, 3.63) is 59.7 Å². The SMILES string of the molecule is CCC(C)Sc1ccc(NC(=O)N2CCN(Cc3ccccc3)CC2)c(C)c1. The van der Waals surface area contributed by atoms with Gasteiger partial charge in [0, 0.05) is 48.6 Å². The number of carbonyl (C=O) groups is 1. The third-order valence-corrected chi connectivity index (χ3v) is 6.52. The number of piperazine rings is 1. The first-order valence-electron chi connectivity index (χ1n) is 10.1.